The molecule has 60 valence electrons. The molecule has 0 atom stereocenters. The first-order chi connectivity index (χ1) is 5.29. The zero-order valence-electron chi connectivity index (χ0n) is 7.18. The molecule has 0 N–H and O–H groups in total. The second kappa shape index (κ2) is 3.42. The van der Waals surface area contributed by atoms with Gasteiger partial charge in [-0.15, -0.1) is 0 Å². The summed E-state index contributed by atoms with van der Waals surface area (Å²) in [5.41, 5.74) is 2.61. The minimum Gasteiger partial charge on any atom is -0.493 e. The normalized spacial score (nSPS) is 18.5. The number of hydrogen-bond acceptors (Lipinski definition) is 1. The van der Waals surface area contributed by atoms with Gasteiger partial charge < -0.3 is 4.74 Å². The maximum Gasteiger partial charge on any atom is 0.122 e. The van der Waals surface area contributed by atoms with E-state index in [0.29, 0.717) is 0 Å². The Labute approximate surface area is 68.1 Å². The predicted molar refractivity (Wildman–Crippen MR) is 47.2 cm³/mol. The molecule has 0 bridgehead atoms. The maximum absolute atomic E-state index is 5.36. The Morgan fingerprint density at radius 2 is 2.36 bits per heavy atom. The molecule has 0 aromatic carbocycles. The molecule has 1 heteroatoms. The van der Waals surface area contributed by atoms with Gasteiger partial charge in [0.25, 0.3) is 0 Å². The second-order valence-electron chi connectivity index (χ2n) is 2.62. The zero-order valence-corrected chi connectivity index (χ0v) is 7.18. The van der Waals surface area contributed by atoms with Gasteiger partial charge in [0, 0.05) is 12.0 Å². The number of hydrogen-bond donors (Lipinski definition) is 0. The van der Waals surface area contributed by atoms with Gasteiger partial charge in [0.2, 0.25) is 0 Å². The van der Waals surface area contributed by atoms with E-state index in [0.717, 1.165) is 18.8 Å². The topological polar surface area (TPSA) is 9.23 Å². The van der Waals surface area contributed by atoms with Crippen LogP contribution >= 0.6 is 0 Å². The van der Waals surface area contributed by atoms with Crippen LogP contribution in [0.3, 0.4) is 0 Å². The Hall–Kier alpha value is -0.980. The highest BCUT2D eigenvalue weighted by Gasteiger charge is 2.13. The van der Waals surface area contributed by atoms with Crippen LogP contribution in [-0.4, -0.2) is 6.61 Å². The van der Waals surface area contributed by atoms with Gasteiger partial charge in [-0.3, -0.25) is 0 Å². The third kappa shape index (κ3) is 1.53. The molecule has 0 amide bonds. The first-order valence-electron chi connectivity index (χ1n) is 3.91. The van der Waals surface area contributed by atoms with Crippen molar-refractivity contribution in [2.45, 2.75) is 20.3 Å². The van der Waals surface area contributed by atoms with Crippen LogP contribution in [0.4, 0.5) is 0 Å². The highest BCUT2D eigenvalue weighted by Crippen LogP contribution is 2.25. The molecule has 1 nitrogen and oxygen atoms in total. The molecule has 1 aliphatic heterocycles. The quantitative estimate of drug-likeness (QED) is 0.588. The first-order valence-corrected chi connectivity index (χ1v) is 3.91. The predicted octanol–water partition coefficient (Wildman–Crippen LogP) is 2.81. The van der Waals surface area contributed by atoms with E-state index >= 15 is 0 Å². The Kier molecular flexibility index (Phi) is 2.53. The van der Waals surface area contributed by atoms with Crippen LogP contribution in [0.15, 0.2) is 35.6 Å². The van der Waals surface area contributed by atoms with Gasteiger partial charge in [0.05, 0.1) is 6.61 Å². The van der Waals surface area contributed by atoms with Crippen LogP contribution in [0.5, 0.6) is 0 Å². The third-order valence-corrected chi connectivity index (χ3v) is 2.00. The Bertz CT molecular complexity index is 221. The fourth-order valence-electron chi connectivity index (χ4n) is 1.22. The summed E-state index contributed by atoms with van der Waals surface area (Å²) in [6, 6.07) is 0. The zero-order chi connectivity index (χ0) is 8.27. The van der Waals surface area contributed by atoms with Gasteiger partial charge in [-0.25, -0.2) is 0 Å². The minimum absolute atomic E-state index is 0.807. The molecule has 0 aliphatic carbocycles. The molecular weight excluding hydrogens is 136 g/mol. The minimum atomic E-state index is 0.807. The fourth-order valence-corrected chi connectivity index (χ4v) is 1.22. The largest absolute Gasteiger partial charge is 0.493 e. The van der Waals surface area contributed by atoms with E-state index in [-0.39, 0.29) is 0 Å². The highest BCUT2D eigenvalue weighted by atomic mass is 16.5. The second-order valence-corrected chi connectivity index (χ2v) is 2.62. The van der Waals surface area contributed by atoms with Crippen LogP contribution in [-0.2, 0) is 4.74 Å². The molecule has 11 heavy (non-hydrogen) atoms. The smallest absolute Gasteiger partial charge is 0.122 e. The lowest BCUT2D eigenvalue weighted by Crippen LogP contribution is -1.83. The molecule has 0 radical (unpaired) electrons. The van der Waals surface area contributed by atoms with Crippen molar-refractivity contribution < 1.29 is 4.74 Å². The van der Waals surface area contributed by atoms with E-state index in [1.165, 1.54) is 11.1 Å². The Morgan fingerprint density at radius 1 is 1.64 bits per heavy atom. The van der Waals surface area contributed by atoms with Crippen LogP contribution in [0, 0.1) is 0 Å². The van der Waals surface area contributed by atoms with Gasteiger partial charge >= 0.3 is 0 Å². The van der Waals surface area contributed by atoms with Gasteiger partial charge in [-0.05, 0) is 25.5 Å². The van der Waals surface area contributed by atoms with Crippen molar-refractivity contribution >= 4 is 0 Å². The van der Waals surface area contributed by atoms with E-state index in [1.54, 1.807) is 6.08 Å². The maximum atomic E-state index is 5.36. The van der Waals surface area contributed by atoms with E-state index in [9.17, 15) is 0 Å². The van der Waals surface area contributed by atoms with Crippen molar-refractivity contribution in [1.29, 1.82) is 0 Å². The highest BCUT2D eigenvalue weighted by molar-refractivity contribution is 5.37. The standard InChI is InChI=1S/C10H14O/c1-4-8(3)9-6-7-11-10(9)5-2/h4-5H,2,6-7H2,1,3H3/b8-4-. The fraction of sp³-hybridized carbons (Fsp3) is 0.400. The van der Waals surface area contributed by atoms with Crippen molar-refractivity contribution in [2.75, 3.05) is 6.61 Å². The Balaban J connectivity index is 2.91. The van der Waals surface area contributed by atoms with Crippen molar-refractivity contribution in [3.63, 3.8) is 0 Å². The van der Waals surface area contributed by atoms with Gasteiger partial charge in [-0.2, -0.15) is 0 Å². The summed E-state index contributed by atoms with van der Waals surface area (Å²) in [6.07, 6.45) is 4.92. The number of ether oxygens (including phenoxy) is 1. The Morgan fingerprint density at radius 3 is 2.91 bits per heavy atom. The lowest BCUT2D eigenvalue weighted by molar-refractivity contribution is 0.257. The summed E-state index contributed by atoms with van der Waals surface area (Å²) in [4.78, 5) is 0. The van der Waals surface area contributed by atoms with Gasteiger partial charge in [-0.1, -0.05) is 12.7 Å². The molecule has 1 aliphatic rings. The van der Waals surface area contributed by atoms with E-state index in [1.807, 2.05) is 6.92 Å². The van der Waals surface area contributed by atoms with Crippen molar-refractivity contribution in [3.05, 3.63) is 35.6 Å². The van der Waals surface area contributed by atoms with E-state index < -0.39 is 0 Å². The molecule has 0 aromatic heterocycles. The molecule has 0 saturated heterocycles. The van der Waals surface area contributed by atoms with Crippen LogP contribution in [0.25, 0.3) is 0 Å². The molecule has 1 heterocycles. The summed E-state index contributed by atoms with van der Waals surface area (Å²) >= 11 is 0. The first kappa shape index (κ1) is 8.12. The molecule has 0 saturated carbocycles. The monoisotopic (exact) mass is 150 g/mol. The molecule has 0 aromatic rings. The van der Waals surface area contributed by atoms with Crippen molar-refractivity contribution in [1.82, 2.24) is 0 Å². The lowest BCUT2D eigenvalue weighted by atomic mass is 10.1. The van der Waals surface area contributed by atoms with E-state index in [2.05, 4.69) is 19.6 Å². The molecule has 0 fully saturated rings. The number of rotatable bonds is 2. The molecule has 0 spiro atoms. The summed E-state index contributed by atoms with van der Waals surface area (Å²) in [7, 11) is 0. The summed E-state index contributed by atoms with van der Waals surface area (Å²) in [5.74, 6) is 0.959. The molecular formula is C10H14O. The summed E-state index contributed by atoms with van der Waals surface area (Å²) < 4.78 is 5.36. The lowest BCUT2D eigenvalue weighted by Gasteiger charge is -2.00. The molecule has 0 unspecified atom stereocenters. The average molecular weight is 150 g/mol. The number of allylic oxidation sites excluding steroid dienone is 3. The van der Waals surface area contributed by atoms with Gasteiger partial charge in [0.15, 0.2) is 0 Å². The van der Waals surface area contributed by atoms with Crippen LogP contribution < -0.4 is 0 Å². The molecule has 1 rings (SSSR count). The van der Waals surface area contributed by atoms with Crippen molar-refractivity contribution in [2.24, 2.45) is 0 Å². The van der Waals surface area contributed by atoms with Crippen molar-refractivity contribution in [3.8, 4) is 0 Å². The average Bonchev–Trinajstić information content (AvgIpc) is 2.50. The van der Waals surface area contributed by atoms with Crippen LogP contribution in [0.1, 0.15) is 20.3 Å². The SMILES string of the molecule is C=CC1=C(/C(C)=C\C)CCO1. The third-order valence-electron chi connectivity index (χ3n) is 2.00. The summed E-state index contributed by atoms with van der Waals surface area (Å²) in [5, 5.41) is 0. The van der Waals surface area contributed by atoms with Crippen LogP contribution in [0.2, 0.25) is 0 Å². The van der Waals surface area contributed by atoms with Gasteiger partial charge in [0.1, 0.15) is 5.76 Å². The summed E-state index contributed by atoms with van der Waals surface area (Å²) in [6.45, 7) is 8.65. The van der Waals surface area contributed by atoms with E-state index in [4.69, 9.17) is 4.74 Å².